The largest absolute Gasteiger partial charge is 0.388 e. The molecule has 0 radical (unpaired) electrons. The van der Waals surface area contributed by atoms with Crippen LogP contribution in [0.15, 0.2) is 36.4 Å². The Kier molecular flexibility index (Phi) is 11.1. The van der Waals surface area contributed by atoms with Gasteiger partial charge in [-0.3, -0.25) is 24.5 Å². The van der Waals surface area contributed by atoms with Crippen LogP contribution in [-0.4, -0.2) is 68.9 Å². The third kappa shape index (κ3) is 7.77. The van der Waals surface area contributed by atoms with Crippen LogP contribution in [0.2, 0.25) is 5.02 Å². The van der Waals surface area contributed by atoms with Crippen molar-refractivity contribution in [1.82, 2.24) is 20.9 Å². The van der Waals surface area contributed by atoms with Gasteiger partial charge in [-0.1, -0.05) is 29.8 Å². The fourth-order valence-corrected chi connectivity index (χ4v) is 4.54. The van der Waals surface area contributed by atoms with E-state index in [-0.39, 0.29) is 18.2 Å². The fraction of sp³-hybridized carbons (Fsp3) is 0.407. The van der Waals surface area contributed by atoms with E-state index in [0.29, 0.717) is 38.1 Å². The molecule has 10 nitrogen and oxygen atoms in total. The first kappa shape index (κ1) is 29.1. The summed E-state index contributed by atoms with van der Waals surface area (Å²) in [6.07, 6.45) is 2.07. The number of nitrogens with one attached hydrogen (secondary N) is 4. The van der Waals surface area contributed by atoms with Crippen LogP contribution in [0.25, 0.3) is 0 Å². The van der Waals surface area contributed by atoms with Gasteiger partial charge in [0.05, 0.1) is 13.2 Å². The molecule has 38 heavy (non-hydrogen) atoms. The van der Waals surface area contributed by atoms with Crippen molar-refractivity contribution >= 4 is 41.4 Å². The van der Waals surface area contributed by atoms with Crippen LogP contribution in [0.5, 0.6) is 0 Å². The second-order valence-corrected chi connectivity index (χ2v) is 9.32. The first-order valence-electron chi connectivity index (χ1n) is 12.5. The van der Waals surface area contributed by atoms with Crippen LogP contribution in [0.3, 0.4) is 0 Å². The molecule has 0 aromatic heterocycles. The van der Waals surface area contributed by atoms with Crippen LogP contribution in [0.4, 0.5) is 5.69 Å². The molecule has 2 aromatic carbocycles. The van der Waals surface area contributed by atoms with E-state index >= 15 is 0 Å². The molecular weight excluding hydrogens is 510 g/mol. The fourth-order valence-electron chi connectivity index (χ4n) is 4.26. The maximum absolute atomic E-state index is 12.4. The average Bonchev–Trinajstić information content (AvgIpc) is 3.23. The monoisotopic (exact) mass is 543 g/mol. The Morgan fingerprint density at radius 3 is 2.63 bits per heavy atom. The standard InChI is InChI=1S/C15H15N3O4.C12H19ClN2O/c19-8-16-6-9-1-2-11-10(5-9)7-18(15(11)22)12-3-4-13(20)17-14(12)21;1-14-6-8-16-7-5-10-3-4-11(15-2)9-12(10)13/h1-2,5,8,12H,3-4,6-7H2,(H,16,19)(H,17,20,21);3-4,9,14-15H,5-8H2,1-2H3. The summed E-state index contributed by atoms with van der Waals surface area (Å²) in [5.41, 5.74) is 4.46. The summed E-state index contributed by atoms with van der Waals surface area (Å²) in [4.78, 5) is 47.4. The summed E-state index contributed by atoms with van der Waals surface area (Å²) < 4.78 is 5.45. The Hall–Kier alpha value is -3.47. The summed E-state index contributed by atoms with van der Waals surface area (Å²) >= 11 is 6.14. The molecule has 11 heteroatoms. The van der Waals surface area contributed by atoms with Gasteiger partial charge in [-0.2, -0.15) is 0 Å². The van der Waals surface area contributed by atoms with Crippen LogP contribution in [0.1, 0.15) is 39.9 Å². The molecule has 0 saturated carbocycles. The number of fused-ring (bicyclic) bond motifs is 1. The maximum atomic E-state index is 12.4. The van der Waals surface area contributed by atoms with E-state index in [2.05, 4.69) is 21.3 Å². The van der Waals surface area contributed by atoms with Crippen LogP contribution >= 0.6 is 11.6 Å². The first-order valence-corrected chi connectivity index (χ1v) is 12.9. The molecule has 204 valence electrons. The molecule has 4 amide bonds. The minimum absolute atomic E-state index is 0.195. The molecule has 4 rings (SSSR count). The van der Waals surface area contributed by atoms with Gasteiger partial charge in [0.25, 0.3) is 5.91 Å². The molecule has 1 atom stereocenters. The number of nitrogens with zero attached hydrogens (tertiary/aromatic N) is 1. The third-order valence-corrected chi connectivity index (χ3v) is 6.68. The van der Waals surface area contributed by atoms with Crippen molar-refractivity contribution < 1.29 is 23.9 Å². The van der Waals surface area contributed by atoms with E-state index in [9.17, 15) is 19.2 Å². The zero-order valence-electron chi connectivity index (χ0n) is 21.6. The van der Waals surface area contributed by atoms with Crippen molar-refractivity contribution in [3.63, 3.8) is 0 Å². The second kappa shape index (κ2) is 14.5. The van der Waals surface area contributed by atoms with Crippen molar-refractivity contribution in [1.29, 1.82) is 0 Å². The number of amides is 4. The lowest BCUT2D eigenvalue weighted by molar-refractivity contribution is -0.136. The Labute approximate surface area is 227 Å². The topological polar surface area (TPSA) is 129 Å². The lowest BCUT2D eigenvalue weighted by atomic mass is 10.0. The molecule has 2 heterocycles. The van der Waals surface area contributed by atoms with E-state index in [1.807, 2.05) is 38.4 Å². The minimum Gasteiger partial charge on any atom is -0.388 e. The normalized spacial score (nSPS) is 16.3. The zero-order valence-corrected chi connectivity index (χ0v) is 22.4. The highest BCUT2D eigenvalue weighted by Gasteiger charge is 2.38. The molecule has 0 spiro atoms. The van der Waals surface area contributed by atoms with Gasteiger partial charge in [-0.05, 0) is 54.8 Å². The maximum Gasteiger partial charge on any atom is 0.255 e. The second-order valence-electron chi connectivity index (χ2n) is 8.91. The number of piperidine rings is 1. The Morgan fingerprint density at radius 2 is 1.95 bits per heavy atom. The molecule has 0 bridgehead atoms. The van der Waals surface area contributed by atoms with Crippen molar-refractivity contribution in [2.75, 3.05) is 39.2 Å². The number of hydrogen-bond acceptors (Lipinski definition) is 7. The summed E-state index contributed by atoms with van der Waals surface area (Å²) in [6, 6.07) is 10.7. The number of halogens is 1. The first-order chi connectivity index (χ1) is 18.4. The van der Waals surface area contributed by atoms with E-state index in [4.69, 9.17) is 16.3 Å². The Morgan fingerprint density at radius 1 is 1.13 bits per heavy atom. The smallest absolute Gasteiger partial charge is 0.255 e. The summed E-state index contributed by atoms with van der Waals surface area (Å²) in [5.74, 6) is -0.910. The van der Waals surface area contributed by atoms with Crippen LogP contribution in [-0.2, 0) is 38.6 Å². The average molecular weight is 544 g/mol. The number of benzene rings is 2. The SMILES string of the molecule is CNCCOCCc1ccc(NC)cc1Cl.O=CNCc1ccc2c(c1)CN(C1CCC(=O)NC1=O)C2=O. The molecular formula is C27H34ClN5O5. The molecule has 1 unspecified atom stereocenters. The number of rotatable bonds is 11. The predicted octanol–water partition coefficient (Wildman–Crippen LogP) is 1.85. The number of imide groups is 1. The van der Waals surface area contributed by atoms with Gasteiger partial charge in [0.2, 0.25) is 18.2 Å². The number of likely N-dealkylation sites (N-methyl/N-ethyl adjacent to an activating group) is 1. The highest BCUT2D eigenvalue weighted by atomic mass is 35.5. The van der Waals surface area contributed by atoms with Crippen molar-refractivity contribution in [3.8, 4) is 0 Å². The molecule has 4 N–H and O–H groups in total. The molecule has 2 aromatic rings. The quantitative estimate of drug-likeness (QED) is 0.193. The van der Waals surface area contributed by atoms with Crippen molar-refractivity contribution in [2.24, 2.45) is 0 Å². The lowest BCUT2D eigenvalue weighted by Gasteiger charge is -2.29. The molecule has 2 aliphatic rings. The lowest BCUT2D eigenvalue weighted by Crippen LogP contribution is -2.52. The van der Waals surface area contributed by atoms with E-state index in [0.717, 1.165) is 47.0 Å². The molecule has 0 aliphatic carbocycles. The number of carbonyl (C=O) groups excluding carboxylic acids is 4. The molecule has 1 fully saturated rings. The number of anilines is 1. The van der Waals surface area contributed by atoms with Gasteiger partial charge in [-0.25, -0.2) is 0 Å². The predicted molar refractivity (Wildman–Crippen MR) is 145 cm³/mol. The van der Waals surface area contributed by atoms with Crippen LogP contribution in [0, 0.1) is 0 Å². The number of hydrogen-bond donors (Lipinski definition) is 4. The van der Waals surface area contributed by atoms with Crippen LogP contribution < -0.4 is 21.3 Å². The van der Waals surface area contributed by atoms with E-state index in [1.54, 1.807) is 12.1 Å². The van der Waals surface area contributed by atoms with Gasteiger partial charge < -0.3 is 25.6 Å². The number of carbonyl (C=O) groups is 4. The summed E-state index contributed by atoms with van der Waals surface area (Å²) in [7, 11) is 3.79. The highest BCUT2D eigenvalue weighted by molar-refractivity contribution is 6.31. The molecule has 1 saturated heterocycles. The summed E-state index contributed by atoms with van der Waals surface area (Å²) in [5, 5.41) is 11.7. The minimum atomic E-state index is -0.603. The molecule has 2 aliphatic heterocycles. The Bertz CT molecular complexity index is 1160. The third-order valence-electron chi connectivity index (χ3n) is 6.33. The van der Waals surface area contributed by atoms with Gasteiger partial charge in [-0.15, -0.1) is 0 Å². The highest BCUT2D eigenvalue weighted by Crippen LogP contribution is 2.28. The van der Waals surface area contributed by atoms with Gasteiger partial charge in [0.15, 0.2) is 0 Å². The van der Waals surface area contributed by atoms with Gasteiger partial charge in [0.1, 0.15) is 6.04 Å². The Balaban J connectivity index is 0.000000223. The summed E-state index contributed by atoms with van der Waals surface area (Å²) in [6.45, 7) is 3.06. The van der Waals surface area contributed by atoms with Crippen molar-refractivity contribution in [2.45, 2.75) is 38.4 Å². The number of ether oxygens (including phenoxy) is 1. The van der Waals surface area contributed by atoms with E-state index in [1.165, 1.54) is 4.90 Å². The van der Waals surface area contributed by atoms with Gasteiger partial charge in [0, 0.05) is 49.4 Å². The van der Waals surface area contributed by atoms with Crippen molar-refractivity contribution in [3.05, 3.63) is 63.7 Å². The van der Waals surface area contributed by atoms with Gasteiger partial charge >= 0.3 is 0 Å². The van der Waals surface area contributed by atoms with E-state index < -0.39 is 11.9 Å². The zero-order chi connectivity index (χ0) is 27.5.